The van der Waals surface area contributed by atoms with Gasteiger partial charge < -0.3 is 14.8 Å². The summed E-state index contributed by atoms with van der Waals surface area (Å²) >= 11 is 6.09. The molecule has 3 aromatic rings. The second-order valence-electron chi connectivity index (χ2n) is 6.15. The van der Waals surface area contributed by atoms with Gasteiger partial charge >= 0.3 is 0 Å². The first kappa shape index (κ1) is 20.4. The molecule has 3 rings (SSSR count). The van der Waals surface area contributed by atoms with E-state index >= 15 is 0 Å². The highest BCUT2D eigenvalue weighted by molar-refractivity contribution is 6.31. The van der Waals surface area contributed by atoms with Gasteiger partial charge in [-0.15, -0.1) is 0 Å². The first-order valence-electron chi connectivity index (χ1n) is 9.01. The molecule has 150 valence electrons. The Bertz CT molecular complexity index is 1060. The Morgan fingerprint density at radius 2 is 1.83 bits per heavy atom. The highest BCUT2D eigenvalue weighted by Gasteiger charge is 2.14. The molecule has 0 spiro atoms. The molecule has 0 saturated heterocycles. The van der Waals surface area contributed by atoms with E-state index in [1.807, 2.05) is 6.92 Å². The van der Waals surface area contributed by atoms with Crippen LogP contribution in [0.1, 0.15) is 23.8 Å². The Balaban J connectivity index is 1.84. The normalized spacial score (nSPS) is 10.4. The first-order chi connectivity index (χ1) is 14.0. The van der Waals surface area contributed by atoms with Gasteiger partial charge in [-0.25, -0.2) is 4.68 Å². The molecular formula is C21H20ClN3O4. The third-order valence-corrected chi connectivity index (χ3v) is 4.25. The molecular weight excluding hydrogens is 394 g/mol. The number of carbonyl (C=O) groups is 1. The predicted octanol–water partition coefficient (Wildman–Crippen LogP) is 4.36. The van der Waals surface area contributed by atoms with E-state index in [-0.39, 0.29) is 11.3 Å². The molecule has 0 radical (unpaired) electrons. The van der Waals surface area contributed by atoms with Crippen molar-refractivity contribution in [2.45, 2.75) is 19.9 Å². The third-order valence-electron chi connectivity index (χ3n) is 4.01. The summed E-state index contributed by atoms with van der Waals surface area (Å²) < 4.78 is 12.3. The van der Waals surface area contributed by atoms with Crippen molar-refractivity contribution in [1.29, 1.82) is 0 Å². The summed E-state index contributed by atoms with van der Waals surface area (Å²) in [6, 6.07) is 14.7. The van der Waals surface area contributed by atoms with E-state index in [1.165, 1.54) is 16.8 Å². The number of methoxy groups -OCH3 is 1. The van der Waals surface area contributed by atoms with Crippen LogP contribution in [0.3, 0.4) is 0 Å². The minimum absolute atomic E-state index is 0.119. The maximum absolute atomic E-state index is 12.7. The van der Waals surface area contributed by atoms with Gasteiger partial charge in [0.05, 0.1) is 12.8 Å². The smallest absolute Gasteiger partial charge is 0.276 e. The van der Waals surface area contributed by atoms with Crippen LogP contribution >= 0.6 is 11.6 Å². The average molecular weight is 414 g/mol. The van der Waals surface area contributed by atoms with E-state index in [4.69, 9.17) is 21.1 Å². The van der Waals surface area contributed by atoms with Gasteiger partial charge in [0.25, 0.3) is 11.5 Å². The predicted molar refractivity (Wildman–Crippen MR) is 111 cm³/mol. The van der Waals surface area contributed by atoms with Gasteiger partial charge in [0, 0.05) is 17.6 Å². The molecule has 8 heteroatoms. The monoisotopic (exact) mass is 413 g/mol. The van der Waals surface area contributed by atoms with Crippen molar-refractivity contribution >= 4 is 23.2 Å². The number of rotatable bonds is 7. The number of nitrogens with one attached hydrogen (secondary N) is 1. The quantitative estimate of drug-likeness (QED) is 0.622. The van der Waals surface area contributed by atoms with Gasteiger partial charge in [-0.1, -0.05) is 18.5 Å². The fourth-order valence-corrected chi connectivity index (χ4v) is 2.76. The Morgan fingerprint density at radius 1 is 1.10 bits per heavy atom. The number of hydrogen-bond acceptors (Lipinski definition) is 5. The number of aryl methyl sites for hydroxylation is 1. The Kier molecular flexibility index (Phi) is 6.51. The van der Waals surface area contributed by atoms with Crippen molar-refractivity contribution in [3.05, 3.63) is 75.7 Å². The van der Waals surface area contributed by atoms with E-state index in [2.05, 4.69) is 10.4 Å². The Labute approximate surface area is 172 Å². The summed E-state index contributed by atoms with van der Waals surface area (Å²) in [5, 5.41) is 7.30. The van der Waals surface area contributed by atoms with Gasteiger partial charge in [0.1, 0.15) is 17.2 Å². The largest absolute Gasteiger partial charge is 0.497 e. The van der Waals surface area contributed by atoms with Crippen molar-refractivity contribution in [3.63, 3.8) is 0 Å². The van der Waals surface area contributed by atoms with E-state index in [9.17, 15) is 9.59 Å². The summed E-state index contributed by atoms with van der Waals surface area (Å²) in [5.41, 5.74) is 0.247. The Hall–Kier alpha value is -3.32. The summed E-state index contributed by atoms with van der Waals surface area (Å²) in [6.45, 7) is 2.36. The molecule has 1 amide bonds. The molecule has 0 unspecified atom stereocenters. The number of halogens is 1. The molecule has 0 saturated carbocycles. The van der Waals surface area contributed by atoms with Crippen LogP contribution in [-0.2, 0) is 6.54 Å². The molecule has 0 aliphatic heterocycles. The van der Waals surface area contributed by atoms with Crippen LogP contribution < -0.4 is 20.3 Å². The lowest BCUT2D eigenvalue weighted by Crippen LogP contribution is -2.26. The number of benzene rings is 2. The van der Waals surface area contributed by atoms with Gasteiger partial charge in [-0.3, -0.25) is 9.59 Å². The van der Waals surface area contributed by atoms with Crippen LogP contribution in [0, 0.1) is 0 Å². The second-order valence-corrected chi connectivity index (χ2v) is 6.59. The van der Waals surface area contributed by atoms with Crippen molar-refractivity contribution in [3.8, 4) is 17.2 Å². The van der Waals surface area contributed by atoms with Crippen LogP contribution in [0.5, 0.6) is 17.2 Å². The molecule has 0 atom stereocenters. The summed E-state index contributed by atoms with van der Waals surface area (Å²) in [7, 11) is 1.58. The van der Waals surface area contributed by atoms with Gasteiger partial charge in [-0.2, -0.15) is 5.10 Å². The number of nitrogens with zero attached hydrogens (tertiary/aromatic N) is 2. The van der Waals surface area contributed by atoms with Crippen molar-refractivity contribution in [2.75, 3.05) is 12.4 Å². The van der Waals surface area contributed by atoms with Crippen molar-refractivity contribution in [1.82, 2.24) is 9.78 Å². The van der Waals surface area contributed by atoms with Crippen molar-refractivity contribution < 1.29 is 14.3 Å². The highest BCUT2D eigenvalue weighted by Crippen LogP contribution is 2.33. The zero-order valence-electron chi connectivity index (χ0n) is 16.0. The number of hydrogen-bond donors (Lipinski definition) is 1. The zero-order valence-corrected chi connectivity index (χ0v) is 16.8. The fraction of sp³-hybridized carbons (Fsp3) is 0.190. The van der Waals surface area contributed by atoms with Crippen LogP contribution in [-0.4, -0.2) is 22.8 Å². The first-order valence-corrected chi connectivity index (χ1v) is 9.39. The molecule has 2 aromatic carbocycles. The third kappa shape index (κ3) is 5.14. The minimum Gasteiger partial charge on any atom is -0.497 e. The number of ether oxygens (including phenoxy) is 2. The van der Waals surface area contributed by atoms with Crippen LogP contribution in [0.15, 0.2) is 59.4 Å². The SMILES string of the molecule is CCCn1nc(C(=O)Nc2cc(Cl)ccc2Oc2ccc(OC)cc2)ccc1=O. The molecule has 7 nitrogen and oxygen atoms in total. The van der Waals surface area contributed by atoms with Crippen LogP contribution in [0.25, 0.3) is 0 Å². The van der Waals surface area contributed by atoms with Crippen LogP contribution in [0.4, 0.5) is 5.69 Å². The lowest BCUT2D eigenvalue weighted by atomic mass is 10.2. The number of amides is 1. The summed E-state index contributed by atoms with van der Waals surface area (Å²) in [5.74, 6) is 1.21. The van der Waals surface area contributed by atoms with E-state index < -0.39 is 5.91 Å². The molecule has 1 heterocycles. The average Bonchev–Trinajstić information content (AvgIpc) is 2.72. The maximum atomic E-state index is 12.7. The molecule has 0 aliphatic rings. The molecule has 1 aromatic heterocycles. The molecule has 0 aliphatic carbocycles. The lowest BCUT2D eigenvalue weighted by Gasteiger charge is -2.13. The number of carbonyl (C=O) groups excluding carboxylic acids is 1. The molecule has 29 heavy (non-hydrogen) atoms. The standard InChI is InChI=1S/C21H20ClN3O4/c1-3-12-25-20(26)11-9-17(24-25)21(27)23-18-13-14(22)4-10-19(18)29-16-7-5-15(28-2)6-8-16/h4-11,13H,3,12H2,1-2H3,(H,23,27). The van der Waals surface area contributed by atoms with E-state index in [0.29, 0.717) is 34.5 Å². The maximum Gasteiger partial charge on any atom is 0.276 e. The topological polar surface area (TPSA) is 82.5 Å². The molecule has 1 N–H and O–H groups in total. The zero-order chi connectivity index (χ0) is 20.8. The minimum atomic E-state index is -0.475. The van der Waals surface area contributed by atoms with Crippen molar-refractivity contribution in [2.24, 2.45) is 0 Å². The summed E-state index contributed by atoms with van der Waals surface area (Å²) in [4.78, 5) is 24.5. The lowest BCUT2D eigenvalue weighted by molar-refractivity contribution is 0.101. The van der Waals surface area contributed by atoms with Gasteiger partial charge in [0.2, 0.25) is 0 Å². The van der Waals surface area contributed by atoms with E-state index in [1.54, 1.807) is 49.6 Å². The fourth-order valence-electron chi connectivity index (χ4n) is 2.59. The Morgan fingerprint density at radius 3 is 2.52 bits per heavy atom. The van der Waals surface area contributed by atoms with Gasteiger partial charge in [-0.05, 0) is 55.0 Å². The number of anilines is 1. The molecule has 0 bridgehead atoms. The van der Waals surface area contributed by atoms with Gasteiger partial charge in [0.15, 0.2) is 5.75 Å². The highest BCUT2D eigenvalue weighted by atomic mass is 35.5. The second kappa shape index (κ2) is 9.25. The molecule has 0 fully saturated rings. The van der Waals surface area contributed by atoms with E-state index in [0.717, 1.165) is 6.42 Å². The summed E-state index contributed by atoms with van der Waals surface area (Å²) in [6.07, 6.45) is 0.728. The van der Waals surface area contributed by atoms with Crippen LogP contribution in [0.2, 0.25) is 5.02 Å². The number of aromatic nitrogens is 2.